The van der Waals surface area contributed by atoms with Crippen molar-refractivity contribution in [2.24, 2.45) is 0 Å². The summed E-state index contributed by atoms with van der Waals surface area (Å²) in [5.41, 5.74) is 0. The summed E-state index contributed by atoms with van der Waals surface area (Å²) in [7, 11) is 1.67. The number of carbonyl (C=O) groups is 1. The minimum absolute atomic E-state index is 0.236. The average molecular weight is 126 g/mol. The Balaban J connectivity index is 2.86. The van der Waals surface area contributed by atoms with Gasteiger partial charge in [-0.3, -0.25) is 4.79 Å². The fourth-order valence-corrected chi connectivity index (χ4v) is 0.457. The maximum atomic E-state index is 9.97. The van der Waals surface area contributed by atoms with Crippen LogP contribution in [0.25, 0.3) is 0 Å². The summed E-state index contributed by atoms with van der Waals surface area (Å²) in [5.74, 6) is 0.236. The highest BCUT2D eigenvalue weighted by molar-refractivity contribution is 5.70. The van der Waals surface area contributed by atoms with E-state index in [0.29, 0.717) is 12.3 Å². The highest BCUT2D eigenvalue weighted by Gasteiger charge is 1.96. The largest absolute Gasteiger partial charge is 0.421 e. The molecule has 0 aromatic carbocycles. The molecule has 0 fully saturated rings. The van der Waals surface area contributed by atoms with Crippen LogP contribution in [0.5, 0.6) is 0 Å². The predicted octanol–water partition coefficient (Wildman–Crippen LogP) is 0.529. The summed E-state index contributed by atoms with van der Waals surface area (Å²) in [4.78, 5) is 13.7. The molecule has 48 valence electrons. The van der Waals surface area contributed by atoms with Crippen LogP contribution in [0.15, 0.2) is 10.6 Å². The Hall–Kier alpha value is -1.32. The van der Waals surface area contributed by atoms with E-state index in [-0.39, 0.29) is 5.76 Å². The second-order valence-corrected chi connectivity index (χ2v) is 1.44. The van der Waals surface area contributed by atoms with E-state index in [1.54, 1.807) is 7.05 Å². The number of oxazole rings is 1. The summed E-state index contributed by atoms with van der Waals surface area (Å²) in [6.07, 6.45) is 1.96. The molecule has 0 aliphatic carbocycles. The Labute approximate surface area is 51.9 Å². The number of carbonyl (C=O) groups excluding carboxylic acids is 1. The topological polar surface area (TPSA) is 55.1 Å². The molecule has 0 aliphatic heterocycles. The molecule has 9 heavy (non-hydrogen) atoms. The van der Waals surface area contributed by atoms with Crippen molar-refractivity contribution in [1.29, 1.82) is 0 Å². The van der Waals surface area contributed by atoms with Crippen LogP contribution in [0.4, 0.5) is 6.01 Å². The molecule has 4 heteroatoms. The van der Waals surface area contributed by atoms with E-state index >= 15 is 0 Å². The van der Waals surface area contributed by atoms with E-state index < -0.39 is 0 Å². The van der Waals surface area contributed by atoms with Crippen molar-refractivity contribution >= 4 is 12.3 Å². The quantitative estimate of drug-likeness (QED) is 0.587. The molecule has 1 N–H and O–H groups in total. The lowest BCUT2D eigenvalue weighted by Gasteiger charge is -1.84. The molecule has 1 heterocycles. The molecule has 0 amide bonds. The number of anilines is 1. The first-order valence-electron chi connectivity index (χ1n) is 2.45. The third kappa shape index (κ3) is 1.07. The van der Waals surface area contributed by atoms with Gasteiger partial charge in [-0.05, 0) is 0 Å². The van der Waals surface area contributed by atoms with Crippen LogP contribution in [0.3, 0.4) is 0 Å². The summed E-state index contributed by atoms with van der Waals surface area (Å²) in [6.45, 7) is 0. The van der Waals surface area contributed by atoms with E-state index in [1.165, 1.54) is 6.20 Å². The lowest BCUT2D eigenvalue weighted by Crippen LogP contribution is -1.85. The molecule has 1 aromatic rings. The third-order valence-electron chi connectivity index (χ3n) is 0.854. The molecule has 0 spiro atoms. The van der Waals surface area contributed by atoms with E-state index in [4.69, 9.17) is 4.42 Å². The molecule has 1 aromatic heterocycles. The number of aldehydes is 1. The van der Waals surface area contributed by atoms with Gasteiger partial charge in [-0.15, -0.1) is 0 Å². The number of hydrogen-bond acceptors (Lipinski definition) is 4. The van der Waals surface area contributed by atoms with Gasteiger partial charge >= 0.3 is 0 Å². The molecule has 0 radical (unpaired) electrons. The molecule has 0 bridgehead atoms. The average Bonchev–Trinajstić information content (AvgIpc) is 2.34. The van der Waals surface area contributed by atoms with Gasteiger partial charge < -0.3 is 9.73 Å². The third-order valence-corrected chi connectivity index (χ3v) is 0.854. The van der Waals surface area contributed by atoms with Gasteiger partial charge in [0.1, 0.15) is 0 Å². The van der Waals surface area contributed by atoms with Gasteiger partial charge in [-0.25, -0.2) is 4.98 Å². The lowest BCUT2D eigenvalue weighted by molar-refractivity contribution is 0.110. The number of hydrogen-bond donors (Lipinski definition) is 1. The molecule has 0 unspecified atom stereocenters. The maximum Gasteiger partial charge on any atom is 0.294 e. The fraction of sp³-hybridized carbons (Fsp3) is 0.200. The van der Waals surface area contributed by atoms with Crippen LogP contribution in [0.2, 0.25) is 0 Å². The van der Waals surface area contributed by atoms with E-state index in [0.717, 1.165) is 0 Å². The number of nitrogens with zero attached hydrogens (tertiary/aromatic N) is 1. The van der Waals surface area contributed by atoms with Crippen molar-refractivity contribution < 1.29 is 9.21 Å². The van der Waals surface area contributed by atoms with Crippen LogP contribution >= 0.6 is 0 Å². The van der Waals surface area contributed by atoms with E-state index in [1.807, 2.05) is 0 Å². The van der Waals surface area contributed by atoms with Gasteiger partial charge in [0.15, 0.2) is 12.0 Å². The molecule has 1 rings (SSSR count). The highest BCUT2D eigenvalue weighted by atomic mass is 16.4. The summed E-state index contributed by atoms with van der Waals surface area (Å²) in [6, 6.07) is 0.358. The second kappa shape index (κ2) is 2.30. The smallest absolute Gasteiger partial charge is 0.294 e. The predicted molar refractivity (Wildman–Crippen MR) is 31.4 cm³/mol. The Kier molecular flexibility index (Phi) is 1.48. The molecule has 0 saturated carbocycles. The number of nitrogens with one attached hydrogen (secondary N) is 1. The Bertz CT molecular complexity index is 206. The molecule has 0 atom stereocenters. The molecule has 0 aliphatic rings. The minimum atomic E-state index is 0.236. The molecule has 4 nitrogen and oxygen atoms in total. The number of rotatable bonds is 2. The Morgan fingerprint density at radius 3 is 3.00 bits per heavy atom. The maximum absolute atomic E-state index is 9.97. The first-order chi connectivity index (χ1) is 4.36. The van der Waals surface area contributed by atoms with Crippen molar-refractivity contribution in [3.63, 3.8) is 0 Å². The Morgan fingerprint density at radius 1 is 1.89 bits per heavy atom. The summed E-state index contributed by atoms with van der Waals surface area (Å²) >= 11 is 0. The van der Waals surface area contributed by atoms with E-state index in [9.17, 15) is 4.79 Å². The highest BCUT2D eigenvalue weighted by Crippen LogP contribution is 2.03. The zero-order chi connectivity index (χ0) is 6.69. The SMILES string of the molecule is CNc1ncc(C=O)o1. The Morgan fingerprint density at radius 2 is 2.67 bits per heavy atom. The second-order valence-electron chi connectivity index (χ2n) is 1.44. The summed E-state index contributed by atoms with van der Waals surface area (Å²) in [5, 5.41) is 2.64. The lowest BCUT2D eigenvalue weighted by atomic mass is 10.6. The van der Waals surface area contributed by atoms with Crippen molar-refractivity contribution in [2.45, 2.75) is 0 Å². The van der Waals surface area contributed by atoms with Gasteiger partial charge in [-0.1, -0.05) is 0 Å². The first kappa shape index (κ1) is 5.81. The van der Waals surface area contributed by atoms with Gasteiger partial charge in [0.2, 0.25) is 0 Å². The van der Waals surface area contributed by atoms with Crippen LogP contribution in [0, 0.1) is 0 Å². The van der Waals surface area contributed by atoms with Crippen molar-refractivity contribution in [3.05, 3.63) is 12.0 Å². The van der Waals surface area contributed by atoms with Crippen molar-refractivity contribution in [1.82, 2.24) is 4.98 Å². The van der Waals surface area contributed by atoms with Gasteiger partial charge in [0, 0.05) is 7.05 Å². The molecule has 0 saturated heterocycles. The zero-order valence-corrected chi connectivity index (χ0v) is 4.92. The zero-order valence-electron chi connectivity index (χ0n) is 4.92. The minimum Gasteiger partial charge on any atom is -0.421 e. The normalized spacial score (nSPS) is 9.00. The van der Waals surface area contributed by atoms with Crippen LogP contribution in [-0.4, -0.2) is 18.3 Å². The molecular weight excluding hydrogens is 120 g/mol. The molecular formula is C5H6N2O2. The monoisotopic (exact) mass is 126 g/mol. The van der Waals surface area contributed by atoms with Crippen molar-refractivity contribution in [2.75, 3.05) is 12.4 Å². The van der Waals surface area contributed by atoms with Crippen LogP contribution in [-0.2, 0) is 0 Å². The number of aromatic nitrogens is 1. The summed E-state index contributed by atoms with van der Waals surface area (Å²) < 4.78 is 4.79. The van der Waals surface area contributed by atoms with E-state index in [2.05, 4.69) is 10.3 Å². The fourth-order valence-electron chi connectivity index (χ4n) is 0.457. The van der Waals surface area contributed by atoms with Gasteiger partial charge in [0.25, 0.3) is 6.01 Å². The standard InChI is InChI=1S/C5H6N2O2/c1-6-5-7-2-4(3-8)9-5/h2-3H,1H3,(H,6,7). The van der Waals surface area contributed by atoms with Gasteiger partial charge in [-0.2, -0.15) is 0 Å². The van der Waals surface area contributed by atoms with Crippen LogP contribution in [0.1, 0.15) is 10.6 Å². The van der Waals surface area contributed by atoms with Crippen molar-refractivity contribution in [3.8, 4) is 0 Å². The first-order valence-corrected chi connectivity index (χ1v) is 2.45. The van der Waals surface area contributed by atoms with Gasteiger partial charge in [0.05, 0.1) is 6.20 Å². The van der Waals surface area contributed by atoms with Crippen LogP contribution < -0.4 is 5.32 Å².